The number of halogens is 1. The molecule has 0 aliphatic heterocycles. The van der Waals surface area contributed by atoms with E-state index in [1.54, 1.807) is 6.07 Å². The highest BCUT2D eigenvalue weighted by atomic mass is 19.1. The summed E-state index contributed by atoms with van der Waals surface area (Å²) in [5.74, 6) is -0.253. The van der Waals surface area contributed by atoms with Crippen molar-refractivity contribution >= 4 is 11.4 Å². The molecule has 0 aliphatic rings. The van der Waals surface area contributed by atoms with E-state index < -0.39 is 0 Å². The summed E-state index contributed by atoms with van der Waals surface area (Å²) in [6.45, 7) is 2.35. The first-order valence-corrected chi connectivity index (χ1v) is 6.47. The summed E-state index contributed by atoms with van der Waals surface area (Å²) >= 11 is 0. The molecule has 100 valence electrons. The molecule has 2 rings (SSSR count). The Hall–Kier alpha value is -1.87. The minimum absolute atomic E-state index is 0.223. The maximum Gasteiger partial charge on any atom is 0.129 e. The van der Waals surface area contributed by atoms with Crippen LogP contribution in [0.5, 0.6) is 0 Å². The molecule has 0 aliphatic carbocycles. The molecule has 0 atom stereocenters. The van der Waals surface area contributed by atoms with Crippen LogP contribution < -0.4 is 10.6 Å². The lowest BCUT2D eigenvalue weighted by Crippen LogP contribution is -2.10. The lowest BCUT2D eigenvalue weighted by atomic mass is 10.1. The van der Waals surface area contributed by atoms with Gasteiger partial charge in [0, 0.05) is 30.5 Å². The summed E-state index contributed by atoms with van der Waals surface area (Å²) in [5, 5.41) is 0. The summed E-state index contributed by atoms with van der Waals surface area (Å²) in [7, 11) is 1.93. The van der Waals surface area contributed by atoms with E-state index in [0.717, 1.165) is 17.8 Å². The Morgan fingerprint density at radius 3 is 2.21 bits per heavy atom. The van der Waals surface area contributed by atoms with Crippen molar-refractivity contribution in [1.29, 1.82) is 0 Å². The van der Waals surface area contributed by atoms with Crippen molar-refractivity contribution in [3.05, 3.63) is 59.4 Å². The molecule has 0 unspecified atom stereocenters. The van der Waals surface area contributed by atoms with Gasteiger partial charge in [-0.25, -0.2) is 4.39 Å². The third kappa shape index (κ3) is 2.93. The molecule has 0 aromatic heterocycles. The highest BCUT2D eigenvalue weighted by molar-refractivity contribution is 5.63. The second-order valence-corrected chi connectivity index (χ2v) is 4.56. The lowest BCUT2D eigenvalue weighted by molar-refractivity contribution is 0.610. The molecule has 2 nitrogen and oxygen atoms in total. The van der Waals surface area contributed by atoms with Crippen LogP contribution in [0.3, 0.4) is 0 Å². The zero-order valence-corrected chi connectivity index (χ0v) is 11.4. The Labute approximate surface area is 113 Å². The van der Waals surface area contributed by atoms with E-state index in [1.165, 1.54) is 11.6 Å². The average Bonchev–Trinajstić information content (AvgIpc) is 2.46. The van der Waals surface area contributed by atoms with E-state index in [4.69, 9.17) is 5.73 Å². The van der Waals surface area contributed by atoms with Crippen molar-refractivity contribution in [2.45, 2.75) is 19.9 Å². The van der Waals surface area contributed by atoms with Gasteiger partial charge in [-0.05, 0) is 36.2 Å². The Morgan fingerprint density at radius 1 is 1.05 bits per heavy atom. The highest BCUT2D eigenvalue weighted by Crippen LogP contribution is 2.25. The van der Waals surface area contributed by atoms with Crippen LogP contribution in [0, 0.1) is 5.82 Å². The molecule has 3 heteroatoms. The molecule has 0 spiro atoms. The van der Waals surface area contributed by atoms with Crippen LogP contribution >= 0.6 is 0 Å². The fourth-order valence-electron chi connectivity index (χ4n) is 2.01. The van der Waals surface area contributed by atoms with Crippen molar-refractivity contribution in [2.24, 2.45) is 5.73 Å². The fraction of sp³-hybridized carbons (Fsp3) is 0.250. The zero-order chi connectivity index (χ0) is 13.8. The largest absolute Gasteiger partial charge is 0.345 e. The molecule has 0 saturated carbocycles. The van der Waals surface area contributed by atoms with Gasteiger partial charge in [0.15, 0.2) is 0 Å². The van der Waals surface area contributed by atoms with Crippen LogP contribution in [0.4, 0.5) is 15.8 Å². The number of hydrogen-bond donors (Lipinski definition) is 1. The van der Waals surface area contributed by atoms with Crippen LogP contribution in [0.2, 0.25) is 0 Å². The number of nitrogens with two attached hydrogens (primary N) is 1. The van der Waals surface area contributed by atoms with Crippen LogP contribution in [0.1, 0.15) is 18.1 Å². The summed E-state index contributed by atoms with van der Waals surface area (Å²) < 4.78 is 13.7. The monoisotopic (exact) mass is 258 g/mol. The van der Waals surface area contributed by atoms with E-state index in [1.807, 2.05) is 30.1 Å². The number of aryl methyl sites for hydroxylation is 1. The van der Waals surface area contributed by atoms with E-state index >= 15 is 0 Å². The first-order valence-electron chi connectivity index (χ1n) is 6.47. The number of anilines is 2. The minimum atomic E-state index is -0.253. The van der Waals surface area contributed by atoms with Crippen LogP contribution in [0.25, 0.3) is 0 Å². The Bertz CT molecular complexity index is 549. The van der Waals surface area contributed by atoms with Gasteiger partial charge >= 0.3 is 0 Å². The maximum absolute atomic E-state index is 13.7. The van der Waals surface area contributed by atoms with Gasteiger partial charge in [-0.3, -0.25) is 0 Å². The molecule has 0 fully saturated rings. The minimum Gasteiger partial charge on any atom is -0.345 e. The highest BCUT2D eigenvalue weighted by Gasteiger charge is 2.07. The predicted octanol–water partition coefficient (Wildman–Crippen LogP) is 3.61. The van der Waals surface area contributed by atoms with Crippen LogP contribution in [0.15, 0.2) is 42.5 Å². The topological polar surface area (TPSA) is 29.3 Å². The fourth-order valence-corrected chi connectivity index (χ4v) is 2.01. The molecule has 0 radical (unpaired) electrons. The van der Waals surface area contributed by atoms with Crippen molar-refractivity contribution in [3.8, 4) is 0 Å². The first-order chi connectivity index (χ1) is 9.15. The van der Waals surface area contributed by atoms with E-state index in [9.17, 15) is 4.39 Å². The van der Waals surface area contributed by atoms with Crippen molar-refractivity contribution in [1.82, 2.24) is 0 Å². The zero-order valence-electron chi connectivity index (χ0n) is 11.4. The Balaban J connectivity index is 2.27. The van der Waals surface area contributed by atoms with Crippen molar-refractivity contribution < 1.29 is 4.39 Å². The third-order valence-corrected chi connectivity index (χ3v) is 3.38. The number of benzene rings is 2. The number of rotatable bonds is 4. The van der Waals surface area contributed by atoms with Gasteiger partial charge in [0.1, 0.15) is 5.82 Å². The average molecular weight is 258 g/mol. The van der Waals surface area contributed by atoms with Crippen LogP contribution in [-0.2, 0) is 13.0 Å². The van der Waals surface area contributed by atoms with Crippen molar-refractivity contribution in [3.63, 3.8) is 0 Å². The molecule has 0 bridgehead atoms. The number of nitrogens with zero attached hydrogens (tertiary/aromatic N) is 1. The van der Waals surface area contributed by atoms with E-state index in [2.05, 4.69) is 19.1 Å². The maximum atomic E-state index is 13.7. The molecule has 2 N–H and O–H groups in total. The first kappa shape index (κ1) is 13.6. The van der Waals surface area contributed by atoms with Gasteiger partial charge in [-0.1, -0.05) is 25.1 Å². The van der Waals surface area contributed by atoms with E-state index in [-0.39, 0.29) is 12.4 Å². The molecule has 2 aromatic rings. The molecule has 2 aromatic carbocycles. The summed E-state index contributed by atoms with van der Waals surface area (Å²) in [6.07, 6.45) is 1.02. The van der Waals surface area contributed by atoms with Crippen molar-refractivity contribution in [2.75, 3.05) is 11.9 Å². The Morgan fingerprint density at radius 2 is 1.68 bits per heavy atom. The van der Waals surface area contributed by atoms with Crippen LogP contribution in [-0.4, -0.2) is 7.05 Å². The van der Waals surface area contributed by atoms with E-state index in [0.29, 0.717) is 5.56 Å². The molecule has 0 amide bonds. The number of hydrogen-bond acceptors (Lipinski definition) is 2. The standard InChI is InChI=1S/C16H19FN2/c1-3-12-4-7-14(8-5-12)19(2)15-9-6-13(11-18)16(17)10-15/h4-10H,3,11,18H2,1-2H3. The molecule has 0 saturated heterocycles. The summed E-state index contributed by atoms with van der Waals surface area (Å²) in [4.78, 5) is 1.96. The normalized spacial score (nSPS) is 10.5. The molecule has 0 heterocycles. The third-order valence-electron chi connectivity index (χ3n) is 3.38. The van der Waals surface area contributed by atoms with Gasteiger partial charge in [0.25, 0.3) is 0 Å². The quantitative estimate of drug-likeness (QED) is 0.907. The second-order valence-electron chi connectivity index (χ2n) is 4.56. The lowest BCUT2D eigenvalue weighted by Gasteiger charge is -2.20. The molecular weight excluding hydrogens is 239 g/mol. The molecule has 19 heavy (non-hydrogen) atoms. The second kappa shape index (κ2) is 5.85. The van der Waals surface area contributed by atoms with Gasteiger partial charge in [0.2, 0.25) is 0 Å². The smallest absolute Gasteiger partial charge is 0.129 e. The Kier molecular flexibility index (Phi) is 4.17. The predicted molar refractivity (Wildman–Crippen MR) is 78.2 cm³/mol. The van der Waals surface area contributed by atoms with Gasteiger partial charge in [0.05, 0.1) is 0 Å². The van der Waals surface area contributed by atoms with Gasteiger partial charge in [-0.2, -0.15) is 0 Å². The SMILES string of the molecule is CCc1ccc(N(C)c2ccc(CN)c(F)c2)cc1. The van der Waals surface area contributed by atoms with Gasteiger partial charge in [-0.15, -0.1) is 0 Å². The molecular formula is C16H19FN2. The van der Waals surface area contributed by atoms with Gasteiger partial charge < -0.3 is 10.6 Å². The summed E-state index contributed by atoms with van der Waals surface area (Å²) in [6, 6.07) is 13.4. The summed E-state index contributed by atoms with van der Waals surface area (Å²) in [5.41, 5.74) is 9.16.